The summed E-state index contributed by atoms with van der Waals surface area (Å²) in [7, 11) is 0. The van der Waals surface area contributed by atoms with Crippen molar-refractivity contribution in [2.75, 3.05) is 0 Å². The zero-order valence-electron chi connectivity index (χ0n) is 13.6. The van der Waals surface area contributed by atoms with Crippen molar-refractivity contribution in [3.05, 3.63) is 79.6 Å². The maximum absolute atomic E-state index is 7.50. The molecule has 0 fully saturated rings. The van der Waals surface area contributed by atoms with Crippen molar-refractivity contribution < 1.29 is 31.3 Å². The Balaban J connectivity index is -0.000000256. The Kier molecular flexibility index (Phi) is 34.0. The largest absolute Gasteiger partial charge is 0 e. The van der Waals surface area contributed by atoms with Crippen molar-refractivity contribution in [2.24, 2.45) is 0 Å². The van der Waals surface area contributed by atoms with Gasteiger partial charge >= 0.3 is 33.9 Å². The second-order valence-corrected chi connectivity index (χ2v) is 4.63. The van der Waals surface area contributed by atoms with Crippen molar-refractivity contribution in [3.63, 3.8) is 0 Å². The number of unbranched alkanes of at least 4 members (excludes halogenated alkanes) is 2. The van der Waals surface area contributed by atoms with Gasteiger partial charge in [-0.15, -0.1) is 13.2 Å². The number of hydrogen-bond donors (Lipinski definition) is 0. The van der Waals surface area contributed by atoms with E-state index in [2.05, 4.69) is 51.3 Å². The van der Waals surface area contributed by atoms with Gasteiger partial charge in [-0.05, 0) is 49.7 Å². The van der Waals surface area contributed by atoms with Gasteiger partial charge in [-0.3, -0.25) is 0 Å². The van der Waals surface area contributed by atoms with Crippen LogP contribution in [0.4, 0.5) is 0 Å². The Hall–Kier alpha value is -1.26. The van der Waals surface area contributed by atoms with Crippen LogP contribution >= 0.6 is 11.6 Å². The summed E-state index contributed by atoms with van der Waals surface area (Å²) in [5.74, 6) is 0. The maximum Gasteiger partial charge on any atom is 0 e. The molecule has 0 atom stereocenters. The Morgan fingerprint density at radius 1 is 0.833 bits per heavy atom. The first-order valence-electron chi connectivity index (χ1n) is 6.89. The first kappa shape index (κ1) is 30.6. The van der Waals surface area contributed by atoms with Gasteiger partial charge in [0.1, 0.15) is 0 Å². The topological polar surface area (TPSA) is 59.7 Å². The molecule has 0 saturated heterocycles. The minimum atomic E-state index is 0. The molecule has 0 amide bonds. The molecule has 0 aromatic heterocycles. The van der Waals surface area contributed by atoms with Crippen LogP contribution in [0.25, 0.3) is 0 Å². The summed E-state index contributed by atoms with van der Waals surface area (Å²) in [4.78, 5) is 0. The molecule has 0 heterocycles. The molecule has 0 aliphatic carbocycles. The maximum atomic E-state index is 7.50. The molecule has 1 aromatic carbocycles. The second kappa shape index (κ2) is 26.6. The van der Waals surface area contributed by atoms with Gasteiger partial charge in [0.15, 0.2) is 0 Å². The van der Waals surface area contributed by atoms with Gasteiger partial charge in [0.25, 0.3) is 0 Å². The monoisotopic (exact) mass is 384 g/mol. The molecular weight excluding hydrogens is 364 g/mol. The molecule has 0 N–H and O–H groups in total. The first-order chi connectivity index (χ1) is 11.3. The molecular formula is C19H21ClCrO3. The van der Waals surface area contributed by atoms with E-state index in [0.717, 1.165) is 43.5 Å². The van der Waals surface area contributed by atoms with Crippen molar-refractivity contribution in [1.82, 2.24) is 0 Å². The van der Waals surface area contributed by atoms with Crippen LogP contribution in [0.1, 0.15) is 36.8 Å². The summed E-state index contributed by atoms with van der Waals surface area (Å²) < 4.78 is 22.5. The molecule has 0 saturated carbocycles. The molecule has 0 radical (unpaired) electrons. The fourth-order valence-corrected chi connectivity index (χ4v) is 2.21. The van der Waals surface area contributed by atoms with E-state index in [-0.39, 0.29) is 17.4 Å². The molecule has 24 heavy (non-hydrogen) atoms. The third-order valence-corrected chi connectivity index (χ3v) is 3.35. The zero-order chi connectivity index (χ0) is 18.5. The number of aryl methyl sites for hydroxylation is 2. The van der Waals surface area contributed by atoms with E-state index in [1.54, 1.807) is 0 Å². The molecule has 0 aliphatic heterocycles. The average molecular weight is 385 g/mol. The SMILES string of the molecule is C=CCCCc1cccc(CCCC=C)c1Cl.[C-]#[O+].[C-]#[O+].[C-]#[O+].[Cr]. The quantitative estimate of drug-likeness (QED) is 0.254. The van der Waals surface area contributed by atoms with Crippen LogP contribution in [0, 0.1) is 20.0 Å². The molecule has 128 valence electrons. The van der Waals surface area contributed by atoms with Gasteiger partial charge in [-0.1, -0.05) is 42.0 Å². The van der Waals surface area contributed by atoms with E-state index in [9.17, 15) is 0 Å². The molecule has 3 nitrogen and oxygen atoms in total. The van der Waals surface area contributed by atoms with Gasteiger partial charge < -0.3 is 0 Å². The third kappa shape index (κ3) is 15.6. The normalized spacial score (nSPS) is 7.46. The summed E-state index contributed by atoms with van der Waals surface area (Å²) in [5.41, 5.74) is 2.54. The zero-order valence-corrected chi connectivity index (χ0v) is 15.6. The van der Waals surface area contributed by atoms with Gasteiger partial charge in [0.2, 0.25) is 0 Å². The van der Waals surface area contributed by atoms with Crippen molar-refractivity contribution in [1.29, 1.82) is 0 Å². The van der Waals surface area contributed by atoms with E-state index >= 15 is 0 Å². The summed E-state index contributed by atoms with van der Waals surface area (Å²) >= 11 is 6.41. The van der Waals surface area contributed by atoms with E-state index in [4.69, 9.17) is 25.6 Å². The molecule has 1 rings (SSSR count). The Bertz CT molecular complexity index is 447. The minimum Gasteiger partial charge on any atom is 0 e. The smallest absolute Gasteiger partial charge is 0 e. The molecule has 0 bridgehead atoms. The van der Waals surface area contributed by atoms with Crippen LogP contribution in [0.5, 0.6) is 0 Å². The van der Waals surface area contributed by atoms with E-state index < -0.39 is 0 Å². The summed E-state index contributed by atoms with van der Waals surface area (Å²) in [6.07, 6.45) is 10.4. The van der Waals surface area contributed by atoms with Crippen LogP contribution in [0.2, 0.25) is 5.02 Å². The van der Waals surface area contributed by atoms with Gasteiger partial charge in [-0.25, -0.2) is 0 Å². The molecule has 0 aliphatic rings. The average Bonchev–Trinajstić information content (AvgIpc) is 2.63. The predicted molar refractivity (Wildman–Crippen MR) is 89.5 cm³/mol. The van der Waals surface area contributed by atoms with Gasteiger partial charge in [-0.2, -0.15) is 0 Å². The first-order valence-corrected chi connectivity index (χ1v) is 7.26. The van der Waals surface area contributed by atoms with Crippen LogP contribution in [0.3, 0.4) is 0 Å². The van der Waals surface area contributed by atoms with E-state index in [1.165, 1.54) is 11.1 Å². The Morgan fingerprint density at radius 2 is 1.17 bits per heavy atom. The minimum absolute atomic E-state index is 0. The molecule has 5 heteroatoms. The number of benzene rings is 1. The van der Waals surface area contributed by atoms with Crippen LogP contribution in [-0.4, -0.2) is 0 Å². The number of allylic oxidation sites excluding steroid dienone is 2. The number of hydrogen-bond acceptors (Lipinski definition) is 0. The molecule has 0 spiro atoms. The second-order valence-electron chi connectivity index (χ2n) is 4.25. The fraction of sp³-hybridized carbons (Fsp3) is 0.316. The number of rotatable bonds is 8. The predicted octanol–water partition coefficient (Wildman–Crippen LogP) is 5.24. The Morgan fingerprint density at radius 3 is 1.46 bits per heavy atom. The van der Waals surface area contributed by atoms with Gasteiger partial charge in [0, 0.05) is 22.4 Å². The standard InChI is InChI=1S/C16H21Cl.3CO.Cr/c1-3-5-7-10-14-12-9-13-15(16(14)17)11-8-6-4-2;3*1-2;/h3-4,9,12-13H,1-2,5-8,10-11H2;;;;. The van der Waals surface area contributed by atoms with Crippen LogP contribution in [0.15, 0.2) is 43.5 Å². The fourth-order valence-electron chi connectivity index (χ4n) is 1.89. The summed E-state index contributed by atoms with van der Waals surface area (Å²) in [5, 5.41) is 0.959. The summed E-state index contributed by atoms with van der Waals surface area (Å²) in [6, 6.07) is 6.36. The molecule has 0 unspecified atom stereocenters. The van der Waals surface area contributed by atoms with E-state index in [1.807, 2.05) is 12.2 Å². The summed E-state index contributed by atoms with van der Waals surface area (Å²) in [6.45, 7) is 21.0. The number of halogens is 1. The van der Waals surface area contributed by atoms with Crippen LogP contribution in [-0.2, 0) is 44.2 Å². The molecule has 1 aromatic rings. The van der Waals surface area contributed by atoms with Gasteiger partial charge in [0.05, 0.1) is 0 Å². The Labute approximate surface area is 161 Å². The third-order valence-electron chi connectivity index (χ3n) is 2.87. The van der Waals surface area contributed by atoms with Crippen molar-refractivity contribution >= 4 is 11.6 Å². The van der Waals surface area contributed by atoms with Crippen molar-refractivity contribution in [2.45, 2.75) is 38.5 Å². The van der Waals surface area contributed by atoms with Crippen molar-refractivity contribution in [3.8, 4) is 0 Å². The van der Waals surface area contributed by atoms with E-state index in [0.29, 0.717) is 0 Å². The van der Waals surface area contributed by atoms with Crippen LogP contribution < -0.4 is 0 Å².